The SMILES string of the molecule is C[C@@H](Sc1nnnn1-c1ccc(OC(F)(F)F)cc1)C(=O)N1CCN(Cc2ccccc2)CC1. The average Bonchev–Trinajstić information content (AvgIpc) is 3.27. The smallest absolute Gasteiger partial charge is 0.406 e. The monoisotopic (exact) mass is 492 g/mol. The van der Waals surface area contributed by atoms with Crippen molar-refractivity contribution in [2.45, 2.75) is 30.2 Å². The first-order valence-corrected chi connectivity index (χ1v) is 11.5. The van der Waals surface area contributed by atoms with E-state index in [0.717, 1.165) is 19.6 Å². The van der Waals surface area contributed by atoms with Crippen molar-refractivity contribution in [2.24, 2.45) is 0 Å². The highest BCUT2D eigenvalue weighted by atomic mass is 32.2. The molecular formula is C22H23F3N6O2S. The number of nitrogens with zero attached hydrogens (tertiary/aromatic N) is 6. The predicted molar refractivity (Wildman–Crippen MR) is 119 cm³/mol. The second-order valence-electron chi connectivity index (χ2n) is 7.76. The number of amides is 1. The highest BCUT2D eigenvalue weighted by molar-refractivity contribution is 8.00. The number of alkyl halides is 3. The minimum absolute atomic E-state index is 0.00663. The van der Waals surface area contributed by atoms with E-state index in [9.17, 15) is 18.0 Å². The van der Waals surface area contributed by atoms with Gasteiger partial charge in [0.05, 0.1) is 10.9 Å². The molecule has 0 unspecified atom stereocenters. The van der Waals surface area contributed by atoms with Gasteiger partial charge in [0.15, 0.2) is 0 Å². The Kier molecular flexibility index (Phi) is 7.37. The van der Waals surface area contributed by atoms with Crippen LogP contribution in [0.25, 0.3) is 5.69 Å². The molecule has 0 N–H and O–H groups in total. The summed E-state index contributed by atoms with van der Waals surface area (Å²) in [6.07, 6.45) is -4.76. The van der Waals surface area contributed by atoms with Crippen LogP contribution in [0.5, 0.6) is 5.75 Å². The molecule has 4 rings (SSSR count). The van der Waals surface area contributed by atoms with Gasteiger partial charge >= 0.3 is 6.36 Å². The second-order valence-corrected chi connectivity index (χ2v) is 9.07. The van der Waals surface area contributed by atoms with Gasteiger partial charge in [-0.25, -0.2) is 0 Å². The molecule has 0 bridgehead atoms. The van der Waals surface area contributed by atoms with E-state index >= 15 is 0 Å². The fraction of sp³-hybridized carbons (Fsp3) is 0.364. The zero-order chi connectivity index (χ0) is 24.1. The first-order valence-electron chi connectivity index (χ1n) is 10.6. The lowest BCUT2D eigenvalue weighted by Gasteiger charge is -2.35. The minimum atomic E-state index is -4.76. The van der Waals surface area contributed by atoms with Crippen LogP contribution in [0, 0.1) is 0 Å². The molecule has 0 aliphatic carbocycles. The van der Waals surface area contributed by atoms with E-state index in [0.29, 0.717) is 23.9 Å². The summed E-state index contributed by atoms with van der Waals surface area (Å²) in [6, 6.07) is 15.4. The maximum atomic E-state index is 13.0. The normalized spacial score (nSPS) is 15.8. The molecule has 180 valence electrons. The first-order chi connectivity index (χ1) is 16.3. The number of tetrazole rings is 1. The van der Waals surface area contributed by atoms with Gasteiger partial charge in [0.2, 0.25) is 11.1 Å². The molecule has 1 amide bonds. The van der Waals surface area contributed by atoms with E-state index < -0.39 is 11.6 Å². The van der Waals surface area contributed by atoms with Gasteiger partial charge in [-0.05, 0) is 47.2 Å². The standard InChI is InChI=1S/C22H23F3N6O2S/c1-16(20(32)30-13-11-29(12-14-30)15-17-5-3-2-4-6-17)34-21-26-27-28-31(21)18-7-9-19(10-8-18)33-22(23,24)25/h2-10,16H,11-15H2,1H3/t16-/m1/s1. The number of carbonyl (C=O) groups is 1. The summed E-state index contributed by atoms with van der Waals surface area (Å²) in [6.45, 7) is 5.52. The lowest BCUT2D eigenvalue weighted by molar-refractivity contribution is -0.274. The molecule has 2 aromatic carbocycles. The number of hydrogen-bond acceptors (Lipinski definition) is 7. The third kappa shape index (κ3) is 6.26. The van der Waals surface area contributed by atoms with Gasteiger partial charge in [-0.3, -0.25) is 9.69 Å². The number of halogens is 3. The van der Waals surface area contributed by atoms with Crippen molar-refractivity contribution in [2.75, 3.05) is 26.2 Å². The van der Waals surface area contributed by atoms with Crippen LogP contribution in [0.1, 0.15) is 12.5 Å². The second kappa shape index (κ2) is 10.4. The van der Waals surface area contributed by atoms with Crippen LogP contribution in [0.2, 0.25) is 0 Å². The van der Waals surface area contributed by atoms with Crippen molar-refractivity contribution in [3.8, 4) is 11.4 Å². The Bertz CT molecular complexity index is 1090. The Hall–Kier alpha value is -3.12. The zero-order valence-electron chi connectivity index (χ0n) is 18.4. The predicted octanol–water partition coefficient (Wildman–Crippen LogP) is 3.39. The molecule has 1 aliphatic rings. The van der Waals surface area contributed by atoms with Crippen molar-refractivity contribution in [3.63, 3.8) is 0 Å². The quantitative estimate of drug-likeness (QED) is 0.468. The number of aromatic nitrogens is 4. The summed E-state index contributed by atoms with van der Waals surface area (Å²) in [5.41, 5.74) is 1.70. The number of thioether (sulfide) groups is 1. The van der Waals surface area contributed by atoms with Gasteiger partial charge in [-0.1, -0.05) is 42.1 Å². The number of hydrogen-bond donors (Lipinski definition) is 0. The lowest BCUT2D eigenvalue weighted by Crippen LogP contribution is -2.50. The summed E-state index contributed by atoms with van der Waals surface area (Å²) in [5.74, 6) is -0.346. The van der Waals surface area contributed by atoms with Gasteiger partial charge in [0.1, 0.15) is 5.75 Å². The highest BCUT2D eigenvalue weighted by Gasteiger charge is 2.31. The van der Waals surface area contributed by atoms with Crippen molar-refractivity contribution >= 4 is 17.7 Å². The lowest BCUT2D eigenvalue weighted by atomic mass is 10.2. The molecule has 0 saturated carbocycles. The van der Waals surface area contributed by atoms with Crippen molar-refractivity contribution in [1.29, 1.82) is 0 Å². The van der Waals surface area contributed by atoms with E-state index in [1.54, 1.807) is 6.92 Å². The molecule has 1 aromatic heterocycles. The maximum Gasteiger partial charge on any atom is 0.573 e. The maximum absolute atomic E-state index is 13.0. The van der Waals surface area contributed by atoms with Crippen LogP contribution in [0.15, 0.2) is 59.8 Å². The molecule has 1 saturated heterocycles. The third-order valence-corrected chi connectivity index (χ3v) is 6.34. The van der Waals surface area contributed by atoms with Crippen molar-refractivity contribution in [3.05, 3.63) is 60.2 Å². The molecule has 0 radical (unpaired) electrons. The van der Waals surface area contributed by atoms with Crippen LogP contribution in [-0.2, 0) is 11.3 Å². The summed E-state index contributed by atoms with van der Waals surface area (Å²) < 4.78 is 42.4. The Morgan fingerprint density at radius 2 is 1.74 bits per heavy atom. The molecule has 1 fully saturated rings. The van der Waals surface area contributed by atoms with Crippen LogP contribution in [0.4, 0.5) is 13.2 Å². The Morgan fingerprint density at radius 3 is 2.38 bits per heavy atom. The molecular weight excluding hydrogens is 469 g/mol. The largest absolute Gasteiger partial charge is 0.573 e. The minimum Gasteiger partial charge on any atom is -0.406 e. The van der Waals surface area contributed by atoms with Crippen molar-refractivity contribution in [1.82, 2.24) is 30.0 Å². The molecule has 8 nitrogen and oxygen atoms in total. The van der Waals surface area contributed by atoms with Gasteiger partial charge in [-0.15, -0.1) is 18.3 Å². The van der Waals surface area contributed by atoms with Crippen LogP contribution >= 0.6 is 11.8 Å². The molecule has 2 heterocycles. The number of rotatable bonds is 7. The summed E-state index contributed by atoms with van der Waals surface area (Å²) >= 11 is 1.20. The van der Waals surface area contributed by atoms with E-state index in [1.807, 2.05) is 23.1 Å². The Labute approximate surface area is 198 Å². The Morgan fingerprint density at radius 1 is 1.06 bits per heavy atom. The average molecular weight is 493 g/mol. The molecule has 3 aromatic rings. The van der Waals surface area contributed by atoms with Gasteiger partial charge < -0.3 is 9.64 Å². The number of ether oxygens (including phenoxy) is 1. The molecule has 1 aliphatic heterocycles. The van der Waals surface area contributed by atoms with Crippen molar-refractivity contribution < 1.29 is 22.7 Å². The fourth-order valence-corrected chi connectivity index (χ4v) is 4.53. The molecule has 0 spiro atoms. The van der Waals surface area contributed by atoms with Crippen LogP contribution in [0.3, 0.4) is 0 Å². The zero-order valence-corrected chi connectivity index (χ0v) is 19.2. The number of carbonyl (C=O) groups excluding carboxylic acids is 1. The van der Waals surface area contributed by atoms with Gasteiger partial charge in [0, 0.05) is 32.7 Å². The van der Waals surface area contributed by atoms with E-state index in [4.69, 9.17) is 0 Å². The van der Waals surface area contributed by atoms with E-state index in [-0.39, 0.29) is 11.7 Å². The van der Waals surface area contributed by atoms with Crippen LogP contribution in [-0.4, -0.2) is 73.7 Å². The highest BCUT2D eigenvalue weighted by Crippen LogP contribution is 2.27. The number of benzene rings is 2. The van der Waals surface area contributed by atoms with Gasteiger partial charge in [-0.2, -0.15) is 4.68 Å². The first kappa shape index (κ1) is 24.0. The fourth-order valence-electron chi connectivity index (χ4n) is 3.64. The number of piperazine rings is 1. The third-order valence-electron chi connectivity index (χ3n) is 5.32. The molecule has 12 heteroatoms. The van der Waals surface area contributed by atoms with Gasteiger partial charge in [0.25, 0.3) is 0 Å². The Balaban J connectivity index is 1.33. The van der Waals surface area contributed by atoms with E-state index in [2.05, 4.69) is 37.3 Å². The summed E-state index contributed by atoms with van der Waals surface area (Å²) in [5, 5.41) is 11.5. The van der Waals surface area contributed by atoms with Crippen LogP contribution < -0.4 is 4.74 Å². The summed E-state index contributed by atoms with van der Waals surface area (Å²) in [4.78, 5) is 17.2. The molecule has 1 atom stereocenters. The molecule has 34 heavy (non-hydrogen) atoms. The summed E-state index contributed by atoms with van der Waals surface area (Å²) in [7, 11) is 0. The van der Waals surface area contributed by atoms with E-state index in [1.165, 1.54) is 46.3 Å². The topological polar surface area (TPSA) is 76.4 Å².